The third-order valence-electron chi connectivity index (χ3n) is 4.31. The van der Waals surface area contributed by atoms with Crippen LogP contribution in [0.25, 0.3) is 0 Å². The van der Waals surface area contributed by atoms with Gasteiger partial charge in [-0.05, 0) is 39.7 Å². The number of likely N-dealkylation sites (tertiary alicyclic amines) is 1. The Bertz CT molecular complexity index is 338. The minimum Gasteiger partial charge on any atom is -0.481 e. The zero-order chi connectivity index (χ0) is 15.2. The van der Waals surface area contributed by atoms with E-state index in [9.17, 15) is 14.7 Å². The van der Waals surface area contributed by atoms with Gasteiger partial charge in [-0.1, -0.05) is 13.3 Å². The van der Waals surface area contributed by atoms with Crippen molar-refractivity contribution < 1.29 is 14.7 Å². The summed E-state index contributed by atoms with van der Waals surface area (Å²) >= 11 is 0. The lowest BCUT2D eigenvalue weighted by Gasteiger charge is -2.40. The number of aliphatic carboxylic acids is 1. The van der Waals surface area contributed by atoms with E-state index < -0.39 is 11.4 Å². The molecule has 116 valence electrons. The molecule has 1 unspecified atom stereocenters. The van der Waals surface area contributed by atoms with E-state index in [1.165, 1.54) is 0 Å². The van der Waals surface area contributed by atoms with Gasteiger partial charge in [-0.25, -0.2) is 0 Å². The average molecular weight is 284 g/mol. The van der Waals surface area contributed by atoms with Crippen LogP contribution in [0.3, 0.4) is 0 Å². The van der Waals surface area contributed by atoms with Crippen LogP contribution < -0.4 is 0 Å². The third-order valence-corrected chi connectivity index (χ3v) is 4.31. The number of amides is 1. The number of carboxylic acids is 1. The Kier molecular flexibility index (Phi) is 6.46. The normalized spacial score (nSPS) is 23.6. The molecule has 1 heterocycles. The maximum atomic E-state index is 12.1. The maximum absolute atomic E-state index is 12.1. The molecule has 1 atom stereocenters. The Morgan fingerprint density at radius 1 is 1.25 bits per heavy atom. The Morgan fingerprint density at radius 3 is 2.40 bits per heavy atom. The predicted octanol–water partition coefficient (Wildman–Crippen LogP) is 1.82. The molecule has 1 fully saturated rings. The van der Waals surface area contributed by atoms with Crippen molar-refractivity contribution in [2.75, 3.05) is 32.7 Å². The van der Waals surface area contributed by atoms with Crippen LogP contribution in [-0.4, -0.2) is 59.5 Å². The molecule has 20 heavy (non-hydrogen) atoms. The number of likely N-dealkylation sites (N-methyl/N-ethyl adjacent to an activating group) is 1. The van der Waals surface area contributed by atoms with Crippen LogP contribution in [0.4, 0.5) is 0 Å². The third kappa shape index (κ3) is 3.95. The highest BCUT2D eigenvalue weighted by Gasteiger charge is 2.41. The number of hydrogen-bond donors (Lipinski definition) is 1. The molecular formula is C15H28N2O3. The molecule has 1 rings (SSSR count). The Labute approximate surface area is 121 Å². The molecule has 5 nitrogen and oxygen atoms in total. The second-order valence-electron chi connectivity index (χ2n) is 5.72. The van der Waals surface area contributed by atoms with Crippen molar-refractivity contribution in [1.29, 1.82) is 0 Å². The van der Waals surface area contributed by atoms with Crippen LogP contribution in [0.15, 0.2) is 0 Å². The van der Waals surface area contributed by atoms with E-state index in [1.54, 1.807) is 4.90 Å². The molecule has 0 spiro atoms. The lowest BCUT2D eigenvalue weighted by Crippen LogP contribution is -2.51. The lowest BCUT2D eigenvalue weighted by atomic mass is 9.76. The summed E-state index contributed by atoms with van der Waals surface area (Å²) in [7, 11) is 0. The van der Waals surface area contributed by atoms with Crippen molar-refractivity contribution in [3.05, 3.63) is 0 Å². The zero-order valence-electron chi connectivity index (χ0n) is 13.0. The molecule has 1 N–H and O–H groups in total. The molecule has 1 aliphatic heterocycles. The first-order valence-electron chi connectivity index (χ1n) is 7.72. The monoisotopic (exact) mass is 284 g/mol. The number of hydrogen-bond acceptors (Lipinski definition) is 3. The first-order chi connectivity index (χ1) is 9.49. The molecule has 0 bridgehead atoms. The van der Waals surface area contributed by atoms with Crippen LogP contribution in [0.2, 0.25) is 0 Å². The summed E-state index contributed by atoms with van der Waals surface area (Å²) in [6, 6.07) is 0. The van der Waals surface area contributed by atoms with Crippen molar-refractivity contribution >= 4 is 11.9 Å². The summed E-state index contributed by atoms with van der Waals surface area (Å²) in [5.41, 5.74) is -0.656. The number of nitrogens with zero attached hydrogens (tertiary/aromatic N) is 2. The van der Waals surface area contributed by atoms with Crippen LogP contribution in [0.1, 0.15) is 46.5 Å². The smallest absolute Gasteiger partial charge is 0.310 e. The molecule has 0 radical (unpaired) electrons. The summed E-state index contributed by atoms with van der Waals surface area (Å²) in [5.74, 6) is -0.605. The molecule has 1 aliphatic rings. The van der Waals surface area contributed by atoms with Gasteiger partial charge < -0.3 is 10.0 Å². The second-order valence-corrected chi connectivity index (χ2v) is 5.72. The molecule has 5 heteroatoms. The van der Waals surface area contributed by atoms with Gasteiger partial charge in [0.1, 0.15) is 0 Å². The molecule has 0 aromatic carbocycles. The zero-order valence-corrected chi connectivity index (χ0v) is 13.0. The van der Waals surface area contributed by atoms with E-state index >= 15 is 0 Å². The number of carbonyl (C=O) groups is 2. The SMILES string of the molecule is CCCC1(C(=O)O)CCCN(CC(=O)N(CC)CC)C1. The van der Waals surface area contributed by atoms with Crippen molar-refractivity contribution in [1.82, 2.24) is 9.80 Å². The number of carbonyl (C=O) groups excluding carboxylic acids is 1. The molecular weight excluding hydrogens is 256 g/mol. The Morgan fingerprint density at radius 2 is 1.90 bits per heavy atom. The standard InChI is InChI=1S/C15H28N2O3/c1-4-8-15(14(19)20)9-7-10-16(12-15)11-13(18)17(5-2)6-3/h4-12H2,1-3H3,(H,19,20). The van der Waals surface area contributed by atoms with E-state index in [-0.39, 0.29) is 5.91 Å². The van der Waals surface area contributed by atoms with Gasteiger partial charge in [0.15, 0.2) is 0 Å². The average Bonchev–Trinajstić information content (AvgIpc) is 2.40. The highest BCUT2D eigenvalue weighted by Crippen LogP contribution is 2.34. The predicted molar refractivity (Wildman–Crippen MR) is 78.6 cm³/mol. The lowest BCUT2D eigenvalue weighted by molar-refractivity contribution is -0.154. The van der Waals surface area contributed by atoms with Gasteiger partial charge in [0.2, 0.25) is 5.91 Å². The summed E-state index contributed by atoms with van der Waals surface area (Å²) in [6.07, 6.45) is 3.15. The van der Waals surface area contributed by atoms with Gasteiger partial charge in [0.05, 0.1) is 12.0 Å². The van der Waals surface area contributed by atoms with E-state index in [4.69, 9.17) is 0 Å². The molecule has 1 amide bonds. The van der Waals surface area contributed by atoms with Crippen molar-refractivity contribution in [2.24, 2.45) is 5.41 Å². The quantitative estimate of drug-likeness (QED) is 0.774. The van der Waals surface area contributed by atoms with E-state index in [0.29, 0.717) is 32.6 Å². The minimum absolute atomic E-state index is 0.104. The van der Waals surface area contributed by atoms with Gasteiger partial charge in [-0.2, -0.15) is 0 Å². The molecule has 0 aromatic heterocycles. The van der Waals surface area contributed by atoms with Gasteiger partial charge in [0, 0.05) is 19.6 Å². The number of rotatable bonds is 7. The number of carboxylic acid groups (broad SMARTS) is 1. The second kappa shape index (κ2) is 7.62. The van der Waals surface area contributed by atoms with Gasteiger partial charge >= 0.3 is 5.97 Å². The van der Waals surface area contributed by atoms with Crippen LogP contribution in [0, 0.1) is 5.41 Å². The maximum Gasteiger partial charge on any atom is 0.310 e. The summed E-state index contributed by atoms with van der Waals surface area (Å²) in [4.78, 5) is 27.6. The first kappa shape index (κ1) is 17.0. The first-order valence-corrected chi connectivity index (χ1v) is 7.72. The van der Waals surface area contributed by atoms with Crippen LogP contribution >= 0.6 is 0 Å². The van der Waals surface area contributed by atoms with Crippen molar-refractivity contribution in [3.8, 4) is 0 Å². The summed E-state index contributed by atoms with van der Waals surface area (Å²) in [5, 5.41) is 9.55. The topological polar surface area (TPSA) is 60.9 Å². The van der Waals surface area contributed by atoms with E-state index in [2.05, 4.69) is 0 Å². The number of piperidine rings is 1. The van der Waals surface area contributed by atoms with Gasteiger partial charge in [0.25, 0.3) is 0 Å². The Balaban J connectivity index is 2.68. The van der Waals surface area contributed by atoms with Gasteiger partial charge in [-0.15, -0.1) is 0 Å². The highest BCUT2D eigenvalue weighted by atomic mass is 16.4. The van der Waals surface area contributed by atoms with Crippen LogP contribution in [0.5, 0.6) is 0 Å². The highest BCUT2D eigenvalue weighted by molar-refractivity contribution is 5.79. The fraction of sp³-hybridized carbons (Fsp3) is 0.867. The fourth-order valence-corrected chi connectivity index (χ4v) is 3.19. The minimum atomic E-state index is -0.709. The molecule has 0 aliphatic carbocycles. The molecule has 0 saturated carbocycles. The molecule has 1 saturated heterocycles. The van der Waals surface area contributed by atoms with Crippen molar-refractivity contribution in [3.63, 3.8) is 0 Å². The summed E-state index contributed by atoms with van der Waals surface area (Å²) in [6.45, 7) is 9.05. The van der Waals surface area contributed by atoms with Crippen molar-refractivity contribution in [2.45, 2.75) is 46.5 Å². The van der Waals surface area contributed by atoms with Crippen LogP contribution in [-0.2, 0) is 9.59 Å². The van der Waals surface area contributed by atoms with E-state index in [1.807, 2.05) is 25.7 Å². The van der Waals surface area contributed by atoms with E-state index in [0.717, 1.165) is 25.8 Å². The van der Waals surface area contributed by atoms with Gasteiger partial charge in [-0.3, -0.25) is 14.5 Å². The largest absolute Gasteiger partial charge is 0.481 e. The Hall–Kier alpha value is -1.10. The summed E-state index contributed by atoms with van der Waals surface area (Å²) < 4.78 is 0. The fourth-order valence-electron chi connectivity index (χ4n) is 3.19. The molecule has 0 aromatic rings.